The van der Waals surface area contributed by atoms with Gasteiger partial charge in [0.15, 0.2) is 0 Å². The zero-order chi connectivity index (χ0) is 19.2. The smallest absolute Gasteiger partial charge is 0.255 e. The van der Waals surface area contributed by atoms with E-state index in [0.29, 0.717) is 29.2 Å². The predicted molar refractivity (Wildman–Crippen MR) is 103 cm³/mol. The summed E-state index contributed by atoms with van der Waals surface area (Å²) in [6.45, 7) is 2.06. The van der Waals surface area contributed by atoms with Crippen LogP contribution in [0.4, 0.5) is 11.4 Å². The van der Waals surface area contributed by atoms with Gasteiger partial charge in [0.25, 0.3) is 5.91 Å². The lowest BCUT2D eigenvalue weighted by Crippen LogP contribution is -2.13. The Bertz CT molecular complexity index is 934. The van der Waals surface area contributed by atoms with E-state index in [0.717, 1.165) is 5.56 Å². The van der Waals surface area contributed by atoms with E-state index in [2.05, 4.69) is 15.7 Å². The number of hydrogen-bond acceptors (Lipinski definition) is 4. The lowest BCUT2D eigenvalue weighted by molar-refractivity contribution is -0.114. The van der Waals surface area contributed by atoms with Crippen LogP contribution in [0.3, 0.4) is 0 Å². The van der Waals surface area contributed by atoms with Crippen molar-refractivity contribution < 1.29 is 14.3 Å². The molecular formula is C20H20N4O3. The summed E-state index contributed by atoms with van der Waals surface area (Å²) in [4.78, 5) is 23.8. The quantitative estimate of drug-likeness (QED) is 0.704. The maximum absolute atomic E-state index is 12.5. The van der Waals surface area contributed by atoms with Gasteiger partial charge in [-0.1, -0.05) is 12.1 Å². The zero-order valence-corrected chi connectivity index (χ0v) is 15.1. The van der Waals surface area contributed by atoms with Gasteiger partial charge in [0.2, 0.25) is 5.91 Å². The van der Waals surface area contributed by atoms with Gasteiger partial charge in [-0.15, -0.1) is 0 Å². The third-order valence-electron chi connectivity index (χ3n) is 3.89. The van der Waals surface area contributed by atoms with Gasteiger partial charge in [-0.25, -0.2) is 0 Å². The second-order valence-corrected chi connectivity index (χ2v) is 5.95. The molecule has 0 bridgehead atoms. The molecule has 1 heterocycles. The number of carbonyl (C=O) groups excluding carboxylic acids is 2. The molecule has 0 unspecified atom stereocenters. The molecule has 0 saturated carbocycles. The molecule has 0 saturated heterocycles. The fourth-order valence-corrected chi connectivity index (χ4v) is 2.62. The molecule has 0 atom stereocenters. The van der Waals surface area contributed by atoms with Gasteiger partial charge in [-0.3, -0.25) is 14.3 Å². The molecule has 0 radical (unpaired) electrons. The van der Waals surface area contributed by atoms with Crippen LogP contribution in [0.1, 0.15) is 22.8 Å². The van der Waals surface area contributed by atoms with Crippen LogP contribution >= 0.6 is 0 Å². The molecule has 2 amide bonds. The summed E-state index contributed by atoms with van der Waals surface area (Å²) in [5.74, 6) is 0.0651. The topological polar surface area (TPSA) is 85.2 Å². The standard InChI is InChI=1S/C20H20N4O3/c1-14(25)22-18-12-17(8-9-19(18)27-2)23-20(26)16-6-4-15(5-7-16)13-24-11-3-10-21-24/h3-12H,13H2,1-2H3,(H,22,25)(H,23,26). The molecule has 2 N–H and O–H groups in total. The molecule has 138 valence electrons. The normalized spacial score (nSPS) is 10.3. The first-order valence-electron chi connectivity index (χ1n) is 8.38. The Morgan fingerprint density at radius 2 is 1.89 bits per heavy atom. The minimum absolute atomic E-state index is 0.218. The number of ether oxygens (including phenoxy) is 1. The molecule has 0 aliphatic heterocycles. The van der Waals surface area contributed by atoms with Crippen molar-refractivity contribution in [3.05, 3.63) is 72.1 Å². The molecule has 27 heavy (non-hydrogen) atoms. The maximum Gasteiger partial charge on any atom is 0.255 e. The molecule has 0 aliphatic rings. The monoisotopic (exact) mass is 364 g/mol. The van der Waals surface area contributed by atoms with Crippen molar-refractivity contribution in [2.45, 2.75) is 13.5 Å². The maximum atomic E-state index is 12.5. The van der Waals surface area contributed by atoms with Crippen LogP contribution in [0.2, 0.25) is 0 Å². The van der Waals surface area contributed by atoms with Crippen molar-refractivity contribution in [3.63, 3.8) is 0 Å². The minimum Gasteiger partial charge on any atom is -0.495 e. The summed E-state index contributed by atoms with van der Waals surface area (Å²) in [5.41, 5.74) is 2.64. The Morgan fingerprint density at radius 3 is 2.52 bits per heavy atom. The highest BCUT2D eigenvalue weighted by Gasteiger charge is 2.10. The molecule has 7 nitrogen and oxygen atoms in total. The lowest BCUT2D eigenvalue weighted by Gasteiger charge is -2.12. The largest absolute Gasteiger partial charge is 0.495 e. The number of benzene rings is 2. The van der Waals surface area contributed by atoms with Gasteiger partial charge >= 0.3 is 0 Å². The van der Waals surface area contributed by atoms with Crippen LogP contribution in [0.25, 0.3) is 0 Å². The second kappa shape index (κ2) is 8.18. The molecule has 0 fully saturated rings. The van der Waals surface area contributed by atoms with Crippen molar-refractivity contribution in [1.29, 1.82) is 0 Å². The fourth-order valence-electron chi connectivity index (χ4n) is 2.62. The number of carbonyl (C=O) groups is 2. The molecular weight excluding hydrogens is 344 g/mol. The fraction of sp³-hybridized carbons (Fsp3) is 0.150. The zero-order valence-electron chi connectivity index (χ0n) is 15.1. The van der Waals surface area contributed by atoms with Gasteiger partial charge in [-0.2, -0.15) is 5.10 Å². The molecule has 0 spiro atoms. The van der Waals surface area contributed by atoms with Crippen molar-refractivity contribution in [2.24, 2.45) is 0 Å². The molecule has 7 heteroatoms. The summed E-state index contributed by atoms with van der Waals surface area (Å²) in [5, 5.41) is 9.67. The van der Waals surface area contributed by atoms with Crippen molar-refractivity contribution in [3.8, 4) is 5.75 Å². The van der Waals surface area contributed by atoms with Crippen molar-refractivity contribution >= 4 is 23.2 Å². The molecule has 3 aromatic rings. The van der Waals surface area contributed by atoms with Crippen LogP contribution in [0.15, 0.2) is 60.9 Å². The van der Waals surface area contributed by atoms with Crippen LogP contribution in [-0.4, -0.2) is 28.7 Å². The summed E-state index contributed by atoms with van der Waals surface area (Å²) >= 11 is 0. The van der Waals surface area contributed by atoms with E-state index in [1.54, 1.807) is 36.5 Å². The Hall–Kier alpha value is -3.61. The number of hydrogen-bond donors (Lipinski definition) is 2. The van der Waals surface area contributed by atoms with Crippen LogP contribution in [0.5, 0.6) is 5.75 Å². The van der Waals surface area contributed by atoms with Gasteiger partial charge < -0.3 is 15.4 Å². The first-order chi connectivity index (χ1) is 13.0. The van der Waals surface area contributed by atoms with Crippen molar-refractivity contribution in [1.82, 2.24) is 9.78 Å². The van der Waals surface area contributed by atoms with Gasteiger partial charge in [0.1, 0.15) is 5.75 Å². The summed E-state index contributed by atoms with van der Waals surface area (Å²) in [6, 6.07) is 14.3. The number of aromatic nitrogens is 2. The number of nitrogens with zero attached hydrogens (tertiary/aromatic N) is 2. The average Bonchev–Trinajstić information content (AvgIpc) is 3.15. The molecule has 3 rings (SSSR count). The first-order valence-corrected chi connectivity index (χ1v) is 8.38. The average molecular weight is 364 g/mol. The number of methoxy groups -OCH3 is 1. The summed E-state index contributed by atoms with van der Waals surface area (Å²) in [6.07, 6.45) is 3.61. The second-order valence-electron chi connectivity index (χ2n) is 5.95. The third-order valence-corrected chi connectivity index (χ3v) is 3.89. The van der Waals surface area contributed by atoms with E-state index in [4.69, 9.17) is 4.74 Å². The van der Waals surface area contributed by atoms with Crippen LogP contribution in [0, 0.1) is 0 Å². The first kappa shape index (κ1) is 18.2. The van der Waals surface area contributed by atoms with Gasteiger partial charge in [0.05, 0.1) is 19.3 Å². The molecule has 2 aromatic carbocycles. The van der Waals surface area contributed by atoms with Gasteiger partial charge in [-0.05, 0) is 42.0 Å². The van der Waals surface area contributed by atoms with Gasteiger partial charge in [0, 0.05) is 30.6 Å². The Morgan fingerprint density at radius 1 is 1.11 bits per heavy atom. The highest BCUT2D eigenvalue weighted by atomic mass is 16.5. The van der Waals surface area contributed by atoms with E-state index in [-0.39, 0.29) is 11.8 Å². The van der Waals surface area contributed by atoms with E-state index in [1.807, 2.05) is 29.1 Å². The number of anilines is 2. The SMILES string of the molecule is COc1ccc(NC(=O)c2ccc(Cn3cccn3)cc2)cc1NC(C)=O. The van der Waals surface area contributed by atoms with Crippen LogP contribution in [-0.2, 0) is 11.3 Å². The Balaban J connectivity index is 1.70. The lowest BCUT2D eigenvalue weighted by atomic mass is 10.1. The Labute approximate surface area is 157 Å². The van der Waals surface area contributed by atoms with E-state index in [1.165, 1.54) is 14.0 Å². The summed E-state index contributed by atoms with van der Waals surface area (Å²) < 4.78 is 7.03. The molecule has 0 aliphatic carbocycles. The third kappa shape index (κ3) is 4.72. The van der Waals surface area contributed by atoms with E-state index >= 15 is 0 Å². The number of amides is 2. The van der Waals surface area contributed by atoms with E-state index in [9.17, 15) is 9.59 Å². The number of nitrogens with one attached hydrogen (secondary N) is 2. The number of rotatable bonds is 6. The minimum atomic E-state index is -0.236. The van der Waals surface area contributed by atoms with Crippen molar-refractivity contribution in [2.75, 3.05) is 17.7 Å². The predicted octanol–water partition coefficient (Wildman–Crippen LogP) is 3.15. The van der Waals surface area contributed by atoms with Crippen LogP contribution < -0.4 is 15.4 Å². The molecule has 1 aromatic heterocycles. The highest BCUT2D eigenvalue weighted by molar-refractivity contribution is 6.04. The highest BCUT2D eigenvalue weighted by Crippen LogP contribution is 2.28. The van der Waals surface area contributed by atoms with E-state index < -0.39 is 0 Å². The Kier molecular flexibility index (Phi) is 5.51. The summed E-state index contributed by atoms with van der Waals surface area (Å²) in [7, 11) is 1.52.